The second-order valence-electron chi connectivity index (χ2n) is 15.7. The number of Topliss-reactive ketones (excluding diaryl/α,β-unsaturated/α-hetero) is 1. The molecule has 1 saturated heterocycles. The van der Waals surface area contributed by atoms with Crippen molar-refractivity contribution in [1.82, 2.24) is 40.0 Å². The molecule has 0 radical (unpaired) electrons. The number of carbonyl (C=O) groups is 4. The third-order valence-corrected chi connectivity index (χ3v) is 11.8. The Hall–Kier alpha value is -6.25. The Labute approximate surface area is 334 Å². The van der Waals surface area contributed by atoms with Crippen LogP contribution in [0.25, 0.3) is 33.6 Å². The Bertz CT molecular complexity index is 2350. The number of methoxy groups -OCH3 is 2. The van der Waals surface area contributed by atoms with Crippen LogP contribution in [0.5, 0.6) is 0 Å². The molecular weight excluding hydrogens is 744 g/mol. The van der Waals surface area contributed by atoms with Crippen molar-refractivity contribution in [2.24, 2.45) is 5.92 Å². The molecule has 1 unspecified atom stereocenters. The summed E-state index contributed by atoms with van der Waals surface area (Å²) in [5, 5.41) is 5.55. The number of alkyl carbamates (subject to hydrolysis) is 2. The molecule has 0 saturated carbocycles. The number of hydrogen-bond acceptors (Lipinski definition) is 8. The van der Waals surface area contributed by atoms with Gasteiger partial charge in [0.1, 0.15) is 29.3 Å². The fourth-order valence-corrected chi connectivity index (χ4v) is 8.83. The number of aromatic amines is 2. The number of imidazole rings is 2. The van der Waals surface area contributed by atoms with Gasteiger partial charge in [-0.3, -0.25) is 9.59 Å². The number of nitrogens with one attached hydrogen (secondary N) is 4. The van der Waals surface area contributed by atoms with Crippen molar-refractivity contribution in [3.8, 4) is 33.6 Å². The summed E-state index contributed by atoms with van der Waals surface area (Å²) in [5.74, 6) is -0.00370. The molecule has 8 rings (SSSR count). The van der Waals surface area contributed by atoms with E-state index in [9.17, 15) is 19.2 Å². The van der Waals surface area contributed by atoms with Crippen molar-refractivity contribution in [1.29, 1.82) is 0 Å². The summed E-state index contributed by atoms with van der Waals surface area (Å²) in [6.45, 7) is 4.85. The van der Waals surface area contributed by atoms with Crippen LogP contribution in [0.2, 0.25) is 0 Å². The van der Waals surface area contributed by atoms with Gasteiger partial charge >= 0.3 is 12.2 Å². The first-order chi connectivity index (χ1) is 28.0. The SMILES string of the molecule is COC(=O)N[C@H]1CCc2ccn3c2C1C(=O)C[C@H](c1ncc(-c2ccc(-c4ccc(-c5cnc([C@@H]6CCCN6C(=O)[C@@H](NC(=O)OC)C(C)C)[nH]5)cc4F)cc2)[nH]1)C3. The van der Waals surface area contributed by atoms with Crippen molar-refractivity contribution < 1.29 is 33.0 Å². The monoisotopic (exact) mass is 790 g/mol. The van der Waals surface area contributed by atoms with Gasteiger partial charge in [-0.25, -0.2) is 23.9 Å². The number of aromatic nitrogens is 5. The molecule has 15 heteroatoms. The largest absolute Gasteiger partial charge is 0.453 e. The molecule has 5 atom stereocenters. The Kier molecular flexibility index (Phi) is 10.6. The minimum Gasteiger partial charge on any atom is -0.453 e. The lowest BCUT2D eigenvalue weighted by molar-refractivity contribution is -0.135. The molecule has 302 valence electrons. The predicted octanol–water partition coefficient (Wildman–Crippen LogP) is 6.63. The van der Waals surface area contributed by atoms with E-state index in [1.54, 1.807) is 23.4 Å². The predicted molar refractivity (Wildman–Crippen MR) is 212 cm³/mol. The number of amides is 3. The summed E-state index contributed by atoms with van der Waals surface area (Å²) >= 11 is 0. The van der Waals surface area contributed by atoms with Crippen LogP contribution in [0.1, 0.15) is 80.3 Å². The molecule has 1 aliphatic carbocycles. The van der Waals surface area contributed by atoms with Crippen LogP contribution >= 0.6 is 0 Å². The maximum Gasteiger partial charge on any atom is 0.407 e. The van der Waals surface area contributed by atoms with Gasteiger partial charge in [-0.15, -0.1) is 0 Å². The van der Waals surface area contributed by atoms with E-state index in [0.717, 1.165) is 35.4 Å². The number of benzene rings is 2. The number of ketones is 1. The number of hydrogen-bond donors (Lipinski definition) is 4. The van der Waals surface area contributed by atoms with Crippen molar-refractivity contribution in [2.75, 3.05) is 20.8 Å². The van der Waals surface area contributed by atoms with Gasteiger partial charge in [0.2, 0.25) is 5.91 Å². The second-order valence-corrected chi connectivity index (χ2v) is 15.7. The molecule has 3 aromatic heterocycles. The lowest BCUT2D eigenvalue weighted by atomic mass is 9.79. The number of rotatable bonds is 9. The maximum absolute atomic E-state index is 15.8. The van der Waals surface area contributed by atoms with Gasteiger partial charge in [0.25, 0.3) is 0 Å². The van der Waals surface area contributed by atoms with E-state index < -0.39 is 30.0 Å². The molecule has 3 aliphatic rings. The molecular formula is C43H47FN8O6. The van der Waals surface area contributed by atoms with E-state index in [-0.39, 0.29) is 42.0 Å². The zero-order valence-corrected chi connectivity index (χ0v) is 32.9. The molecule has 0 spiro atoms. The van der Waals surface area contributed by atoms with Gasteiger partial charge in [0.15, 0.2) is 0 Å². The van der Waals surface area contributed by atoms with Gasteiger partial charge in [0.05, 0.1) is 50.0 Å². The number of nitrogens with zero attached hydrogens (tertiary/aromatic N) is 4. The van der Waals surface area contributed by atoms with Crippen LogP contribution in [0.4, 0.5) is 14.0 Å². The number of ether oxygens (including phenoxy) is 2. The summed E-state index contributed by atoms with van der Waals surface area (Å²) in [6, 6.07) is 13.3. The molecule has 14 nitrogen and oxygen atoms in total. The second kappa shape index (κ2) is 15.9. The zero-order valence-electron chi connectivity index (χ0n) is 32.9. The molecule has 5 heterocycles. The lowest BCUT2D eigenvalue weighted by Crippen LogP contribution is -2.51. The minimum atomic E-state index is -0.739. The van der Waals surface area contributed by atoms with Crippen LogP contribution in [-0.4, -0.2) is 86.1 Å². The first-order valence-corrected chi connectivity index (χ1v) is 19.7. The summed E-state index contributed by atoms with van der Waals surface area (Å²) < 4.78 is 27.5. The molecule has 3 amide bonds. The highest BCUT2D eigenvalue weighted by molar-refractivity contribution is 5.89. The summed E-state index contributed by atoms with van der Waals surface area (Å²) in [5.41, 5.74) is 6.14. The topological polar surface area (TPSA) is 176 Å². The highest BCUT2D eigenvalue weighted by Gasteiger charge is 2.42. The minimum absolute atomic E-state index is 0.0618. The third-order valence-electron chi connectivity index (χ3n) is 11.8. The molecule has 1 fully saturated rings. The Morgan fingerprint density at radius 2 is 1.59 bits per heavy atom. The maximum atomic E-state index is 15.8. The lowest BCUT2D eigenvalue weighted by Gasteiger charge is -2.31. The first-order valence-electron chi connectivity index (χ1n) is 19.7. The van der Waals surface area contributed by atoms with Gasteiger partial charge in [-0.2, -0.15) is 0 Å². The zero-order chi connectivity index (χ0) is 40.7. The highest BCUT2D eigenvalue weighted by atomic mass is 19.1. The van der Waals surface area contributed by atoms with E-state index >= 15 is 4.39 Å². The Morgan fingerprint density at radius 1 is 0.897 bits per heavy atom. The fraction of sp³-hybridized carbons (Fsp3) is 0.395. The number of halogens is 1. The number of carbonyl (C=O) groups excluding carboxylic acids is 4. The van der Waals surface area contributed by atoms with Gasteiger partial charge < -0.3 is 39.5 Å². The average Bonchev–Trinajstić information content (AvgIpc) is 4.06. The van der Waals surface area contributed by atoms with E-state index in [2.05, 4.69) is 36.2 Å². The molecule has 4 N–H and O–H groups in total. The summed E-state index contributed by atoms with van der Waals surface area (Å²) in [6.07, 6.45) is 7.44. The number of likely N-dealkylation sites (tertiary alicyclic amines) is 1. The quantitative estimate of drug-likeness (QED) is 0.129. The Morgan fingerprint density at radius 3 is 2.31 bits per heavy atom. The van der Waals surface area contributed by atoms with Crippen molar-refractivity contribution in [2.45, 2.75) is 82.5 Å². The van der Waals surface area contributed by atoms with E-state index in [4.69, 9.17) is 14.5 Å². The van der Waals surface area contributed by atoms with Crippen LogP contribution in [0.3, 0.4) is 0 Å². The number of H-pyrrole nitrogens is 2. The standard InChI is InChI=1S/C43H47FN8O6/c1-23(2)37(50-43(56)58-4)41(54)52-16-5-6-34(52)40-46-21-33(48-40)27-11-13-29(30(44)18-27)24-7-9-25(10-8-24)32-20-45-39(47-32)28-19-35(53)36-31(49-42(55)57-3)14-12-26-15-17-51(22-28)38(26)36/h7-11,13,15,17-18,20-21,23,28,31,34,36-37H,5-6,12,14,16,19,22H2,1-4H3,(H,45,47)(H,46,48)(H,49,55)(H,50,56)/t28-,31-,34-,36?,37-/m0/s1. The van der Waals surface area contributed by atoms with Gasteiger partial charge in [-0.1, -0.05) is 50.2 Å². The van der Waals surface area contributed by atoms with E-state index in [1.807, 2.05) is 50.4 Å². The van der Waals surface area contributed by atoms with Crippen molar-refractivity contribution >= 4 is 23.9 Å². The number of aryl methyl sites for hydroxylation is 1. The molecule has 5 aromatic rings. The van der Waals surface area contributed by atoms with E-state index in [1.165, 1.54) is 20.3 Å². The smallest absolute Gasteiger partial charge is 0.407 e. The van der Waals surface area contributed by atoms with Crippen LogP contribution in [0, 0.1) is 11.7 Å². The third kappa shape index (κ3) is 7.36. The van der Waals surface area contributed by atoms with Gasteiger partial charge in [0, 0.05) is 54.5 Å². The fourth-order valence-electron chi connectivity index (χ4n) is 8.83. The molecule has 2 aromatic carbocycles. The van der Waals surface area contributed by atoms with Crippen LogP contribution in [-0.2, 0) is 32.0 Å². The van der Waals surface area contributed by atoms with Crippen molar-refractivity contribution in [3.05, 3.63) is 95.8 Å². The van der Waals surface area contributed by atoms with E-state index in [0.29, 0.717) is 60.0 Å². The molecule has 2 aliphatic heterocycles. The average molecular weight is 791 g/mol. The normalized spacial score (nSPS) is 20.7. The van der Waals surface area contributed by atoms with Gasteiger partial charge in [-0.05, 0) is 60.4 Å². The van der Waals surface area contributed by atoms with Crippen LogP contribution in [0.15, 0.2) is 67.1 Å². The van der Waals surface area contributed by atoms with Crippen molar-refractivity contribution in [3.63, 3.8) is 0 Å². The summed E-state index contributed by atoms with van der Waals surface area (Å²) in [7, 11) is 2.59. The van der Waals surface area contributed by atoms with Crippen LogP contribution < -0.4 is 10.6 Å². The molecule has 0 bridgehead atoms. The molecule has 58 heavy (non-hydrogen) atoms. The summed E-state index contributed by atoms with van der Waals surface area (Å²) in [4.78, 5) is 69.2. The highest BCUT2D eigenvalue weighted by Crippen LogP contribution is 2.40. The first kappa shape index (κ1) is 38.6. The Balaban J connectivity index is 0.949.